The molecule has 0 bridgehead atoms. The fourth-order valence-electron chi connectivity index (χ4n) is 0.690. The molecule has 1 rings (SSSR count). The van der Waals surface area contributed by atoms with E-state index in [0.717, 1.165) is 0 Å². The van der Waals surface area contributed by atoms with Gasteiger partial charge in [-0.25, -0.2) is 9.13 Å². The highest BCUT2D eigenvalue weighted by atomic mass is 16.9. The van der Waals surface area contributed by atoms with E-state index < -0.39 is 11.3 Å². The quantitative estimate of drug-likeness (QED) is 0.369. The van der Waals surface area contributed by atoms with Crippen molar-refractivity contribution < 1.29 is 14.8 Å². The lowest BCUT2D eigenvalue weighted by molar-refractivity contribution is -0.671. The number of hydrogen-bond donors (Lipinski definition) is 1. The average Bonchev–Trinajstić information content (AvgIpc) is 2.34. The van der Waals surface area contributed by atoms with Crippen LogP contribution in [-0.4, -0.2) is 14.8 Å². The Hall–Kier alpha value is -1.63. The van der Waals surface area contributed by atoms with Crippen LogP contribution in [0.3, 0.4) is 0 Å². The summed E-state index contributed by atoms with van der Waals surface area (Å²) in [6, 6.07) is 0. The Labute approximate surface area is 74.6 Å². The second kappa shape index (κ2) is 5.09. The molecule has 1 N–H and O–H groups in total. The molecule has 0 aliphatic carbocycles. The topological polar surface area (TPSA) is 95.2 Å². The predicted molar refractivity (Wildman–Crippen MR) is 42.9 cm³/mol. The van der Waals surface area contributed by atoms with Gasteiger partial charge in [-0.15, -0.1) is 0 Å². The van der Waals surface area contributed by atoms with E-state index in [1.165, 1.54) is 0 Å². The third-order valence-corrected chi connectivity index (χ3v) is 1.22. The molecule has 0 spiro atoms. The molecule has 1 aromatic rings. The molecule has 1 heterocycles. The van der Waals surface area contributed by atoms with Gasteiger partial charge in [-0.2, -0.15) is 0 Å². The molecule has 1 unspecified atom stereocenters. The molecule has 0 saturated heterocycles. The average molecular weight is 189 g/mol. The van der Waals surface area contributed by atoms with Crippen LogP contribution in [0, 0.1) is 15.3 Å². The molecule has 0 saturated carbocycles. The molecule has 0 aromatic carbocycles. The number of aliphatic hydroxyl groups is 1. The fourth-order valence-corrected chi connectivity index (χ4v) is 0.690. The minimum atomic E-state index is -1.75. The first-order valence-electron chi connectivity index (χ1n) is 3.45. The Morgan fingerprint density at radius 1 is 1.62 bits per heavy atom. The van der Waals surface area contributed by atoms with Crippen LogP contribution in [0.25, 0.3) is 0 Å². The number of rotatable bonds is 1. The van der Waals surface area contributed by atoms with Crippen molar-refractivity contribution in [3.63, 3.8) is 0 Å². The molecular weight excluding hydrogens is 178 g/mol. The molecule has 0 amide bonds. The summed E-state index contributed by atoms with van der Waals surface area (Å²) >= 11 is 0. The highest BCUT2D eigenvalue weighted by Gasteiger charge is 2.03. The summed E-state index contributed by atoms with van der Waals surface area (Å²) in [5.41, 5.74) is 0. The number of imidazole rings is 1. The van der Waals surface area contributed by atoms with Crippen molar-refractivity contribution in [3.8, 4) is 0 Å². The third-order valence-electron chi connectivity index (χ3n) is 1.22. The van der Waals surface area contributed by atoms with E-state index in [1.807, 2.05) is 30.3 Å². The van der Waals surface area contributed by atoms with Crippen LogP contribution in [0.4, 0.5) is 0 Å². The maximum atomic E-state index is 8.99. The predicted octanol–water partition coefficient (Wildman–Crippen LogP) is -0.416. The Morgan fingerprint density at radius 3 is 2.23 bits per heavy atom. The Bertz CT molecular complexity index is 267. The largest absolute Gasteiger partial charge is 0.356 e. The fraction of sp³-hybridized carbons (Fsp3) is 0.500. The maximum Gasteiger partial charge on any atom is 0.245 e. The zero-order valence-corrected chi connectivity index (χ0v) is 7.32. The van der Waals surface area contributed by atoms with Crippen molar-refractivity contribution in [2.24, 2.45) is 7.05 Å². The van der Waals surface area contributed by atoms with Crippen molar-refractivity contribution in [2.75, 3.05) is 0 Å². The van der Waals surface area contributed by atoms with Crippen molar-refractivity contribution >= 4 is 0 Å². The van der Waals surface area contributed by atoms with Gasteiger partial charge in [0.05, 0.1) is 12.1 Å². The normalized spacial score (nSPS) is 11.3. The van der Waals surface area contributed by atoms with E-state index in [-0.39, 0.29) is 0 Å². The highest BCUT2D eigenvalue weighted by molar-refractivity contribution is 4.66. The van der Waals surface area contributed by atoms with Crippen molar-refractivity contribution in [3.05, 3.63) is 34.0 Å². The summed E-state index contributed by atoms with van der Waals surface area (Å²) in [6.45, 7) is 1.72. The van der Waals surface area contributed by atoms with Crippen LogP contribution in [0.2, 0.25) is 0 Å². The van der Waals surface area contributed by atoms with Gasteiger partial charge in [0.15, 0.2) is 6.23 Å². The monoisotopic (exact) mass is 189 g/mol. The van der Waals surface area contributed by atoms with Crippen molar-refractivity contribution in [1.82, 2.24) is 4.57 Å². The van der Waals surface area contributed by atoms with Gasteiger partial charge in [-0.05, 0) is 0 Å². The van der Waals surface area contributed by atoms with Gasteiger partial charge < -0.3 is 20.4 Å². The number of aliphatic hydroxyl groups excluding tert-OH is 1. The zero-order valence-electron chi connectivity index (χ0n) is 7.32. The van der Waals surface area contributed by atoms with Crippen LogP contribution in [-0.2, 0) is 7.05 Å². The summed E-state index contributed by atoms with van der Waals surface area (Å²) in [5, 5.41) is 23.7. The first-order chi connectivity index (χ1) is 5.93. The Balaban J connectivity index is 0.000000310. The Morgan fingerprint density at radius 2 is 2.08 bits per heavy atom. The van der Waals surface area contributed by atoms with Crippen LogP contribution in [0.15, 0.2) is 18.7 Å². The van der Waals surface area contributed by atoms with Crippen molar-refractivity contribution in [1.29, 1.82) is 0 Å². The van der Waals surface area contributed by atoms with Gasteiger partial charge in [0.1, 0.15) is 12.4 Å². The molecule has 74 valence electrons. The van der Waals surface area contributed by atoms with Crippen LogP contribution in [0.5, 0.6) is 0 Å². The first-order valence-corrected chi connectivity index (χ1v) is 3.45. The standard InChI is InChI=1S/C6H11N2O.NO3/c1-6(9)8-4-3-7(2)5-8;2-1(3)4/h3-6,9H,1-2H3;/q+1;-1. The van der Waals surface area contributed by atoms with Crippen molar-refractivity contribution in [2.45, 2.75) is 13.2 Å². The smallest absolute Gasteiger partial charge is 0.245 e. The summed E-state index contributed by atoms with van der Waals surface area (Å²) in [7, 11) is 1.92. The van der Waals surface area contributed by atoms with Gasteiger partial charge >= 0.3 is 0 Å². The molecule has 7 nitrogen and oxygen atoms in total. The highest BCUT2D eigenvalue weighted by Crippen LogP contribution is 1.95. The molecule has 0 fully saturated rings. The van der Waals surface area contributed by atoms with E-state index >= 15 is 0 Å². The van der Waals surface area contributed by atoms with Gasteiger partial charge in [0.2, 0.25) is 6.33 Å². The number of hydrogen-bond acceptors (Lipinski definition) is 4. The lowest BCUT2D eigenvalue weighted by Gasteiger charge is -1.94. The van der Waals surface area contributed by atoms with Gasteiger partial charge in [0.25, 0.3) is 0 Å². The zero-order chi connectivity index (χ0) is 10.4. The number of aryl methyl sites for hydroxylation is 1. The molecule has 13 heavy (non-hydrogen) atoms. The molecule has 0 aliphatic rings. The summed E-state index contributed by atoms with van der Waals surface area (Å²) < 4.78 is 3.60. The number of aromatic nitrogens is 2. The van der Waals surface area contributed by atoms with E-state index in [0.29, 0.717) is 0 Å². The second-order valence-electron chi connectivity index (χ2n) is 2.38. The lowest BCUT2D eigenvalue weighted by atomic mass is 10.6. The summed E-state index contributed by atoms with van der Waals surface area (Å²) in [6.07, 6.45) is 5.10. The van der Waals surface area contributed by atoms with E-state index in [1.54, 1.807) is 11.5 Å². The van der Waals surface area contributed by atoms with Gasteiger partial charge in [0, 0.05) is 6.92 Å². The van der Waals surface area contributed by atoms with Gasteiger partial charge in [-0.3, -0.25) is 0 Å². The van der Waals surface area contributed by atoms with Gasteiger partial charge in [-0.1, -0.05) is 0 Å². The van der Waals surface area contributed by atoms with Crippen LogP contribution in [0.1, 0.15) is 13.2 Å². The van der Waals surface area contributed by atoms with Crippen LogP contribution < -0.4 is 4.57 Å². The SMILES string of the molecule is CC(O)n1cc[n+](C)c1.O=[N+]([O-])[O-]. The summed E-state index contributed by atoms with van der Waals surface area (Å²) in [5.74, 6) is 0. The van der Waals surface area contributed by atoms with Crippen LogP contribution >= 0.6 is 0 Å². The first kappa shape index (κ1) is 11.4. The molecule has 0 radical (unpaired) electrons. The molecule has 7 heteroatoms. The number of nitrogens with zero attached hydrogens (tertiary/aromatic N) is 3. The minimum Gasteiger partial charge on any atom is -0.356 e. The molecular formula is C6H11N3O4. The second-order valence-corrected chi connectivity index (χ2v) is 2.38. The third kappa shape index (κ3) is 5.62. The van der Waals surface area contributed by atoms with E-state index in [4.69, 9.17) is 20.4 Å². The molecule has 1 aromatic heterocycles. The molecule has 1 atom stereocenters. The summed E-state index contributed by atoms with van der Waals surface area (Å²) in [4.78, 5) is 8.25. The van der Waals surface area contributed by atoms with E-state index in [2.05, 4.69) is 0 Å². The lowest BCUT2D eigenvalue weighted by Crippen LogP contribution is -2.24. The van der Waals surface area contributed by atoms with E-state index in [9.17, 15) is 0 Å². The maximum absolute atomic E-state index is 8.99. The molecule has 0 aliphatic heterocycles. The Kier molecular flexibility index (Phi) is 4.45. The minimum absolute atomic E-state index is 0.425.